The van der Waals surface area contributed by atoms with Gasteiger partial charge in [0.25, 0.3) is 0 Å². The van der Waals surface area contributed by atoms with E-state index < -0.39 is 0 Å². The third-order valence-corrected chi connectivity index (χ3v) is 13.4. The van der Waals surface area contributed by atoms with Crippen molar-refractivity contribution < 1.29 is 0 Å². The number of hydrogen-bond acceptors (Lipinski definition) is 1. The Bertz CT molecular complexity index is 3510. The van der Waals surface area contributed by atoms with Gasteiger partial charge in [-0.1, -0.05) is 206 Å². The Hall–Kier alpha value is -8.46. The summed E-state index contributed by atoms with van der Waals surface area (Å²) >= 11 is 0. The van der Waals surface area contributed by atoms with E-state index in [-0.39, 0.29) is 5.92 Å². The van der Waals surface area contributed by atoms with Crippen LogP contribution in [-0.4, -0.2) is 4.57 Å². The SMILES string of the molecule is C1=Cc2ccccc2C(c2cc(N(c3cccc(-c4ccccc4)c3)c3ccc(-c4ccccc4-n4c5ccccc5c5ccccc54)cc3-c3ccccc3)ccc2-c2ccccc2)C1. The average Bonchev–Trinajstić information content (AvgIpc) is 3.74. The fourth-order valence-electron chi connectivity index (χ4n) is 10.3. The van der Waals surface area contributed by atoms with Gasteiger partial charge >= 0.3 is 0 Å². The Morgan fingerprint density at radius 1 is 0.364 bits per heavy atom. The van der Waals surface area contributed by atoms with Crippen molar-refractivity contribution >= 4 is 44.9 Å². The maximum absolute atomic E-state index is 2.49. The van der Waals surface area contributed by atoms with Crippen molar-refractivity contribution in [2.75, 3.05) is 4.90 Å². The average molecular weight is 843 g/mol. The minimum Gasteiger partial charge on any atom is -0.310 e. The summed E-state index contributed by atoms with van der Waals surface area (Å²) in [6.45, 7) is 0. The van der Waals surface area contributed by atoms with E-state index in [1.807, 2.05) is 0 Å². The maximum Gasteiger partial charge on any atom is 0.0541 e. The standard InChI is InChI=1S/C64H46N2/c1-4-20-45(21-5-1)49-28-18-29-51(42-49)65(52-39-40-54(46-22-6-2-7-23-46)60(44-52)56-34-19-27-47-26-10-11-30-53(47)56)64-41-38-50(43-59(64)48-24-8-3-9-25-48)55-31-12-15-35-61(55)66-62-36-16-13-32-57(62)58-33-14-17-37-63(58)66/h1-33,35-44,56H,34H2. The quantitative estimate of drug-likeness (QED) is 0.141. The van der Waals surface area contributed by atoms with Gasteiger partial charge in [0.05, 0.1) is 22.4 Å². The van der Waals surface area contributed by atoms with Crippen LogP contribution < -0.4 is 4.90 Å². The minimum atomic E-state index is 0.187. The first kappa shape index (κ1) is 39.2. The Morgan fingerprint density at radius 3 is 1.70 bits per heavy atom. The number of nitrogens with zero attached hydrogens (tertiary/aromatic N) is 2. The molecule has 0 bridgehead atoms. The fourth-order valence-corrected chi connectivity index (χ4v) is 10.3. The van der Waals surface area contributed by atoms with Crippen LogP contribution in [0, 0.1) is 0 Å². The summed E-state index contributed by atoms with van der Waals surface area (Å²) in [5.41, 5.74) is 20.3. The Balaban J connectivity index is 1.10. The van der Waals surface area contributed by atoms with Crippen molar-refractivity contribution in [3.8, 4) is 50.2 Å². The summed E-state index contributed by atoms with van der Waals surface area (Å²) in [4.78, 5) is 2.49. The van der Waals surface area contributed by atoms with E-state index in [4.69, 9.17) is 0 Å². The highest BCUT2D eigenvalue weighted by atomic mass is 15.1. The molecule has 10 aromatic carbocycles. The molecule has 0 N–H and O–H groups in total. The van der Waals surface area contributed by atoms with E-state index >= 15 is 0 Å². The highest BCUT2D eigenvalue weighted by molar-refractivity contribution is 6.10. The second-order valence-electron chi connectivity index (χ2n) is 17.2. The fraction of sp³-hybridized carbons (Fsp3) is 0.0312. The normalized spacial score (nSPS) is 13.2. The monoisotopic (exact) mass is 842 g/mol. The lowest BCUT2D eigenvalue weighted by Crippen LogP contribution is -2.14. The molecule has 0 radical (unpaired) electrons. The molecule has 312 valence electrons. The van der Waals surface area contributed by atoms with Crippen molar-refractivity contribution in [2.45, 2.75) is 12.3 Å². The number of anilines is 3. The Kier molecular flexibility index (Phi) is 10.0. The van der Waals surface area contributed by atoms with Crippen LogP contribution in [0.15, 0.2) is 255 Å². The van der Waals surface area contributed by atoms with Crippen molar-refractivity contribution in [1.82, 2.24) is 4.57 Å². The number of rotatable bonds is 9. The van der Waals surface area contributed by atoms with Crippen molar-refractivity contribution in [1.29, 1.82) is 0 Å². The van der Waals surface area contributed by atoms with Crippen LogP contribution in [-0.2, 0) is 0 Å². The minimum absolute atomic E-state index is 0.187. The zero-order valence-corrected chi connectivity index (χ0v) is 36.5. The summed E-state index contributed by atoms with van der Waals surface area (Å²) in [6, 6.07) is 91.1. The van der Waals surface area contributed by atoms with Gasteiger partial charge < -0.3 is 9.47 Å². The molecule has 12 rings (SSSR count). The molecule has 0 saturated carbocycles. The van der Waals surface area contributed by atoms with Gasteiger partial charge in [0, 0.05) is 39.2 Å². The third kappa shape index (κ3) is 7.01. The summed E-state index contributed by atoms with van der Waals surface area (Å²) in [7, 11) is 0. The second kappa shape index (κ2) is 16.9. The van der Waals surface area contributed by atoms with Crippen LogP contribution in [0.3, 0.4) is 0 Å². The van der Waals surface area contributed by atoms with E-state index in [0.29, 0.717) is 0 Å². The van der Waals surface area contributed by atoms with Crippen LogP contribution in [0.4, 0.5) is 17.1 Å². The lowest BCUT2D eigenvalue weighted by molar-refractivity contribution is 0.821. The Morgan fingerprint density at radius 2 is 0.955 bits per heavy atom. The highest BCUT2D eigenvalue weighted by Gasteiger charge is 2.26. The zero-order valence-electron chi connectivity index (χ0n) is 36.5. The molecule has 1 aromatic heterocycles. The molecule has 1 atom stereocenters. The molecule has 66 heavy (non-hydrogen) atoms. The zero-order chi connectivity index (χ0) is 43.8. The summed E-state index contributed by atoms with van der Waals surface area (Å²) < 4.78 is 2.44. The number of para-hydroxylation sites is 3. The predicted molar refractivity (Wildman–Crippen MR) is 279 cm³/mol. The molecule has 1 unspecified atom stereocenters. The lowest BCUT2D eigenvalue weighted by Gasteiger charge is -2.31. The molecule has 0 aliphatic heterocycles. The molecule has 0 amide bonds. The van der Waals surface area contributed by atoms with E-state index in [1.54, 1.807) is 0 Å². The van der Waals surface area contributed by atoms with Gasteiger partial charge in [-0.25, -0.2) is 0 Å². The maximum atomic E-state index is 2.49. The van der Waals surface area contributed by atoms with Crippen LogP contribution in [0.2, 0.25) is 0 Å². The van der Waals surface area contributed by atoms with E-state index in [0.717, 1.165) is 45.9 Å². The van der Waals surface area contributed by atoms with Crippen LogP contribution in [0.1, 0.15) is 29.0 Å². The molecule has 1 aliphatic rings. The molecule has 11 aromatic rings. The first-order valence-electron chi connectivity index (χ1n) is 22.9. The first-order chi connectivity index (χ1) is 32.8. The first-order valence-corrected chi connectivity index (χ1v) is 22.9. The summed E-state index contributed by atoms with van der Waals surface area (Å²) in [5.74, 6) is 0.187. The van der Waals surface area contributed by atoms with Crippen molar-refractivity contribution in [2.24, 2.45) is 0 Å². The molecular formula is C64H46N2. The van der Waals surface area contributed by atoms with Crippen LogP contribution in [0.5, 0.6) is 0 Å². The molecule has 0 saturated heterocycles. The third-order valence-electron chi connectivity index (χ3n) is 13.4. The molecule has 2 nitrogen and oxygen atoms in total. The summed E-state index contributed by atoms with van der Waals surface area (Å²) in [6.07, 6.45) is 5.56. The van der Waals surface area contributed by atoms with Crippen LogP contribution >= 0.6 is 0 Å². The van der Waals surface area contributed by atoms with Crippen LogP contribution in [0.25, 0.3) is 78.1 Å². The van der Waals surface area contributed by atoms with Gasteiger partial charge in [-0.3, -0.25) is 0 Å². The molecule has 0 fully saturated rings. The van der Waals surface area contributed by atoms with E-state index in [2.05, 4.69) is 270 Å². The number of fused-ring (bicyclic) bond motifs is 4. The number of allylic oxidation sites excluding steroid dienone is 1. The topological polar surface area (TPSA) is 8.17 Å². The molecule has 1 aliphatic carbocycles. The van der Waals surface area contributed by atoms with Crippen molar-refractivity contribution in [3.63, 3.8) is 0 Å². The van der Waals surface area contributed by atoms with Gasteiger partial charge in [0.2, 0.25) is 0 Å². The van der Waals surface area contributed by atoms with Gasteiger partial charge in [0.1, 0.15) is 0 Å². The predicted octanol–water partition coefficient (Wildman–Crippen LogP) is 17.5. The van der Waals surface area contributed by atoms with Gasteiger partial charge in [0.15, 0.2) is 0 Å². The number of benzene rings is 10. The van der Waals surface area contributed by atoms with Gasteiger partial charge in [-0.15, -0.1) is 0 Å². The largest absolute Gasteiger partial charge is 0.310 e. The molecule has 0 spiro atoms. The molecule has 1 heterocycles. The molecular weight excluding hydrogens is 797 g/mol. The van der Waals surface area contributed by atoms with Gasteiger partial charge in [-0.05, 0) is 111 Å². The molecule has 2 heteroatoms. The Labute approximate surface area is 386 Å². The van der Waals surface area contributed by atoms with E-state index in [1.165, 1.54) is 66.3 Å². The van der Waals surface area contributed by atoms with E-state index in [9.17, 15) is 0 Å². The smallest absolute Gasteiger partial charge is 0.0541 e. The second-order valence-corrected chi connectivity index (χ2v) is 17.2. The lowest BCUT2D eigenvalue weighted by atomic mass is 9.79. The highest BCUT2D eigenvalue weighted by Crippen LogP contribution is 2.48. The van der Waals surface area contributed by atoms with Gasteiger partial charge in [-0.2, -0.15) is 0 Å². The summed E-state index contributed by atoms with van der Waals surface area (Å²) in [5, 5.41) is 2.50. The number of aromatic nitrogens is 1. The van der Waals surface area contributed by atoms with Crippen molar-refractivity contribution in [3.05, 3.63) is 271 Å². The number of hydrogen-bond donors (Lipinski definition) is 0.